The summed E-state index contributed by atoms with van der Waals surface area (Å²) in [5.41, 5.74) is 1.89. The van der Waals surface area contributed by atoms with Gasteiger partial charge in [-0.3, -0.25) is 4.79 Å². The topological polar surface area (TPSA) is 74.0 Å². The maximum atomic E-state index is 13.1. The molecule has 0 saturated carbocycles. The zero-order valence-electron chi connectivity index (χ0n) is 17.4. The van der Waals surface area contributed by atoms with Gasteiger partial charge in [0.05, 0.1) is 18.1 Å². The van der Waals surface area contributed by atoms with E-state index >= 15 is 0 Å². The fourth-order valence-corrected chi connectivity index (χ4v) is 4.17. The molecule has 1 unspecified atom stereocenters. The van der Waals surface area contributed by atoms with Gasteiger partial charge in [-0.2, -0.15) is 8.78 Å². The number of methoxy groups -OCH3 is 1. The number of aromatic nitrogens is 4. The number of nitrogens with one attached hydrogen (secondary N) is 1. The zero-order chi connectivity index (χ0) is 22.7. The molecule has 0 fully saturated rings. The number of hydrogen-bond acceptors (Lipinski definition) is 5. The molecule has 0 saturated heterocycles. The lowest BCUT2D eigenvalue weighted by Gasteiger charge is -2.21. The Labute approximate surface area is 187 Å². The molecule has 4 aromatic rings. The molecule has 2 aromatic heterocycles. The molecular weight excluding hydrogens is 436 g/mol. The number of halogens is 2. The van der Waals surface area contributed by atoms with Crippen LogP contribution >= 0.6 is 11.8 Å². The third-order valence-electron chi connectivity index (χ3n) is 4.99. The summed E-state index contributed by atoms with van der Waals surface area (Å²) >= 11 is 0.316. The number of para-hydroxylation sites is 3. The molecule has 166 valence electrons. The first-order valence-electron chi connectivity index (χ1n) is 9.77. The first-order chi connectivity index (χ1) is 15.5. The molecule has 0 bridgehead atoms. The van der Waals surface area contributed by atoms with Crippen LogP contribution in [0.25, 0.3) is 11.0 Å². The number of carbonyl (C=O) groups excluding carboxylic acids is 1. The molecule has 7 nitrogen and oxygen atoms in total. The van der Waals surface area contributed by atoms with Crippen LogP contribution in [0.3, 0.4) is 0 Å². The number of benzene rings is 2. The minimum Gasteiger partial charge on any atom is -0.496 e. The van der Waals surface area contributed by atoms with E-state index in [-0.39, 0.29) is 17.6 Å². The van der Waals surface area contributed by atoms with Crippen LogP contribution in [0.4, 0.5) is 8.78 Å². The van der Waals surface area contributed by atoms with Crippen molar-refractivity contribution >= 4 is 28.7 Å². The van der Waals surface area contributed by atoms with Crippen LogP contribution in [0.5, 0.6) is 5.75 Å². The molecule has 0 spiro atoms. The van der Waals surface area contributed by atoms with Crippen LogP contribution in [0.15, 0.2) is 66.1 Å². The molecule has 0 aliphatic rings. The van der Waals surface area contributed by atoms with Gasteiger partial charge in [-0.25, -0.2) is 9.97 Å². The maximum absolute atomic E-state index is 13.1. The molecule has 2 aromatic carbocycles. The lowest BCUT2D eigenvalue weighted by atomic mass is 10.0. The van der Waals surface area contributed by atoms with Crippen molar-refractivity contribution in [3.05, 3.63) is 72.3 Å². The number of ether oxygens (including phenoxy) is 1. The summed E-state index contributed by atoms with van der Waals surface area (Å²) in [7, 11) is 3.39. The molecule has 0 radical (unpaired) electrons. The van der Waals surface area contributed by atoms with E-state index in [0.717, 1.165) is 5.56 Å². The highest BCUT2D eigenvalue weighted by molar-refractivity contribution is 7.99. The Bertz CT molecular complexity index is 1240. The van der Waals surface area contributed by atoms with Crippen molar-refractivity contribution in [1.82, 2.24) is 24.4 Å². The van der Waals surface area contributed by atoms with Gasteiger partial charge in [-0.05, 0) is 30.0 Å². The number of fused-ring (bicyclic) bond motifs is 1. The molecule has 32 heavy (non-hydrogen) atoms. The number of amides is 1. The van der Waals surface area contributed by atoms with Crippen molar-refractivity contribution < 1.29 is 18.3 Å². The second kappa shape index (κ2) is 9.39. The standard InChI is InChI=1S/C22H21F2N5O2S/c1-28-12-11-25-20(28)19(14-7-3-6-10-17(14)31-2)27-18(30)13-29-16-9-5-4-8-15(16)26-22(29)32-21(23)24/h3-12,19,21H,13H2,1-2H3,(H,27,30). The summed E-state index contributed by atoms with van der Waals surface area (Å²) in [6.45, 7) is -0.175. The smallest absolute Gasteiger partial charge is 0.291 e. The molecular formula is C22H21F2N5O2S. The second-order valence-corrected chi connectivity index (χ2v) is 7.94. The molecule has 0 aliphatic heterocycles. The van der Waals surface area contributed by atoms with E-state index in [0.29, 0.717) is 34.4 Å². The Kier molecular flexibility index (Phi) is 6.40. The third-order valence-corrected chi connectivity index (χ3v) is 5.69. The minimum atomic E-state index is -2.65. The fourth-order valence-electron chi connectivity index (χ4n) is 3.57. The summed E-state index contributed by atoms with van der Waals surface area (Å²) in [5.74, 6) is -1.81. The van der Waals surface area contributed by atoms with Gasteiger partial charge in [0.25, 0.3) is 5.76 Å². The Morgan fingerprint density at radius 2 is 1.94 bits per heavy atom. The Hall–Kier alpha value is -3.40. The molecule has 1 amide bonds. The van der Waals surface area contributed by atoms with E-state index in [2.05, 4.69) is 15.3 Å². The van der Waals surface area contributed by atoms with Gasteiger partial charge in [0, 0.05) is 25.0 Å². The first-order valence-corrected chi connectivity index (χ1v) is 10.7. The van der Waals surface area contributed by atoms with Gasteiger partial charge in [-0.1, -0.05) is 30.3 Å². The molecule has 10 heteroatoms. The Balaban J connectivity index is 1.68. The average Bonchev–Trinajstić information content (AvgIpc) is 3.35. The lowest BCUT2D eigenvalue weighted by molar-refractivity contribution is -0.122. The maximum Gasteiger partial charge on any atom is 0.291 e. The predicted octanol–water partition coefficient (Wildman–Crippen LogP) is 4.00. The highest BCUT2D eigenvalue weighted by Gasteiger charge is 2.25. The molecule has 1 atom stereocenters. The van der Waals surface area contributed by atoms with E-state index in [9.17, 15) is 13.6 Å². The monoisotopic (exact) mass is 457 g/mol. The van der Waals surface area contributed by atoms with Crippen molar-refractivity contribution in [2.24, 2.45) is 7.05 Å². The van der Waals surface area contributed by atoms with E-state index < -0.39 is 11.8 Å². The number of hydrogen-bond donors (Lipinski definition) is 1. The van der Waals surface area contributed by atoms with Gasteiger partial charge >= 0.3 is 0 Å². The normalized spacial score (nSPS) is 12.3. The Morgan fingerprint density at radius 1 is 1.19 bits per heavy atom. The quantitative estimate of drug-likeness (QED) is 0.405. The summed E-state index contributed by atoms with van der Waals surface area (Å²) in [4.78, 5) is 21.8. The molecule has 4 rings (SSSR count). The van der Waals surface area contributed by atoms with Crippen molar-refractivity contribution in [1.29, 1.82) is 0 Å². The van der Waals surface area contributed by atoms with Crippen molar-refractivity contribution in [2.75, 3.05) is 7.11 Å². The minimum absolute atomic E-state index is 0.0854. The second-order valence-electron chi connectivity index (χ2n) is 6.99. The van der Waals surface area contributed by atoms with Gasteiger partial charge in [0.2, 0.25) is 5.91 Å². The number of carbonyl (C=O) groups is 1. The number of nitrogens with zero attached hydrogens (tertiary/aromatic N) is 4. The van der Waals surface area contributed by atoms with Crippen LogP contribution in [0, 0.1) is 0 Å². The first kappa shape index (κ1) is 21.8. The average molecular weight is 458 g/mol. The van der Waals surface area contributed by atoms with Crippen LogP contribution in [-0.2, 0) is 18.4 Å². The van der Waals surface area contributed by atoms with Crippen molar-refractivity contribution in [3.8, 4) is 5.75 Å². The number of thioether (sulfide) groups is 1. The number of imidazole rings is 2. The fraction of sp³-hybridized carbons (Fsp3) is 0.227. The Morgan fingerprint density at radius 3 is 2.66 bits per heavy atom. The van der Waals surface area contributed by atoms with Gasteiger partial charge < -0.3 is 19.2 Å². The highest BCUT2D eigenvalue weighted by Crippen LogP contribution is 2.30. The predicted molar refractivity (Wildman–Crippen MR) is 118 cm³/mol. The third kappa shape index (κ3) is 4.45. The largest absolute Gasteiger partial charge is 0.496 e. The van der Waals surface area contributed by atoms with E-state index in [4.69, 9.17) is 4.74 Å². The summed E-state index contributed by atoms with van der Waals surface area (Å²) in [6, 6.07) is 13.8. The summed E-state index contributed by atoms with van der Waals surface area (Å²) in [6.07, 6.45) is 3.43. The lowest BCUT2D eigenvalue weighted by Crippen LogP contribution is -2.34. The van der Waals surface area contributed by atoms with Crippen LogP contribution < -0.4 is 10.1 Å². The van der Waals surface area contributed by atoms with Crippen molar-refractivity contribution in [3.63, 3.8) is 0 Å². The van der Waals surface area contributed by atoms with Crippen LogP contribution in [0.2, 0.25) is 0 Å². The van der Waals surface area contributed by atoms with E-state index in [1.165, 1.54) is 4.57 Å². The number of alkyl halides is 2. The van der Waals surface area contributed by atoms with E-state index in [1.54, 1.807) is 49.8 Å². The summed E-state index contributed by atoms with van der Waals surface area (Å²) in [5, 5.41) is 3.07. The SMILES string of the molecule is COc1ccccc1C(NC(=O)Cn1c(SC(F)F)nc2ccccc21)c1nccn1C. The van der Waals surface area contributed by atoms with E-state index in [1.807, 2.05) is 29.8 Å². The van der Waals surface area contributed by atoms with Gasteiger partial charge in [-0.15, -0.1) is 0 Å². The van der Waals surface area contributed by atoms with Crippen LogP contribution in [-0.4, -0.2) is 37.9 Å². The number of rotatable bonds is 8. The molecule has 2 heterocycles. The molecule has 0 aliphatic carbocycles. The van der Waals surface area contributed by atoms with Gasteiger partial charge in [0.15, 0.2) is 5.16 Å². The number of aryl methyl sites for hydroxylation is 1. The van der Waals surface area contributed by atoms with Crippen molar-refractivity contribution in [2.45, 2.75) is 23.5 Å². The summed E-state index contributed by atoms with van der Waals surface area (Å²) < 4.78 is 35.0. The molecule has 1 N–H and O–H groups in total. The van der Waals surface area contributed by atoms with Gasteiger partial charge in [0.1, 0.15) is 24.2 Å². The zero-order valence-corrected chi connectivity index (χ0v) is 18.2. The van der Waals surface area contributed by atoms with Crippen LogP contribution in [0.1, 0.15) is 17.4 Å². The highest BCUT2D eigenvalue weighted by atomic mass is 32.2.